The van der Waals surface area contributed by atoms with Crippen molar-refractivity contribution in [2.45, 2.75) is 25.9 Å². The molecule has 0 bridgehead atoms. The Balaban J connectivity index is 1.96. The summed E-state index contributed by atoms with van der Waals surface area (Å²) in [7, 11) is 1.67. The summed E-state index contributed by atoms with van der Waals surface area (Å²) >= 11 is 2.03. The van der Waals surface area contributed by atoms with Gasteiger partial charge in [0.2, 0.25) is 0 Å². The van der Waals surface area contributed by atoms with E-state index in [-0.39, 0.29) is 0 Å². The number of nitrogens with one attached hydrogen (secondary N) is 1. The van der Waals surface area contributed by atoms with Gasteiger partial charge in [-0.05, 0) is 36.8 Å². The van der Waals surface area contributed by atoms with Crippen LogP contribution in [0.15, 0.2) is 18.2 Å². The van der Waals surface area contributed by atoms with Gasteiger partial charge in [-0.25, -0.2) is 0 Å². The van der Waals surface area contributed by atoms with Crippen molar-refractivity contribution in [2.24, 2.45) is 0 Å². The second-order valence-corrected chi connectivity index (χ2v) is 5.51. The van der Waals surface area contributed by atoms with Crippen molar-refractivity contribution in [3.8, 4) is 11.5 Å². The van der Waals surface area contributed by atoms with Gasteiger partial charge in [-0.15, -0.1) is 0 Å². The van der Waals surface area contributed by atoms with E-state index in [4.69, 9.17) is 9.47 Å². The van der Waals surface area contributed by atoms with Crippen molar-refractivity contribution in [3.63, 3.8) is 0 Å². The highest BCUT2D eigenvalue weighted by molar-refractivity contribution is 7.99. The molecule has 1 atom stereocenters. The fourth-order valence-corrected chi connectivity index (χ4v) is 3.24. The van der Waals surface area contributed by atoms with Crippen LogP contribution in [-0.2, 0) is 6.54 Å². The van der Waals surface area contributed by atoms with Gasteiger partial charge >= 0.3 is 0 Å². The van der Waals surface area contributed by atoms with Crippen molar-refractivity contribution >= 4 is 11.8 Å². The van der Waals surface area contributed by atoms with E-state index in [1.165, 1.54) is 23.5 Å². The van der Waals surface area contributed by atoms with Crippen LogP contribution < -0.4 is 14.8 Å². The molecule has 0 spiro atoms. The molecule has 0 aromatic heterocycles. The Morgan fingerprint density at radius 1 is 1.39 bits per heavy atom. The van der Waals surface area contributed by atoms with Gasteiger partial charge in [-0.2, -0.15) is 11.8 Å². The quantitative estimate of drug-likeness (QED) is 0.858. The molecule has 1 aliphatic rings. The van der Waals surface area contributed by atoms with Gasteiger partial charge in [0.1, 0.15) is 0 Å². The Kier molecular flexibility index (Phi) is 5.20. The van der Waals surface area contributed by atoms with E-state index in [1.54, 1.807) is 7.11 Å². The van der Waals surface area contributed by atoms with Gasteiger partial charge < -0.3 is 14.8 Å². The van der Waals surface area contributed by atoms with Crippen LogP contribution in [0.4, 0.5) is 0 Å². The molecule has 18 heavy (non-hydrogen) atoms. The summed E-state index contributed by atoms with van der Waals surface area (Å²) in [4.78, 5) is 0. The highest BCUT2D eigenvalue weighted by Gasteiger charge is 2.14. The van der Waals surface area contributed by atoms with Crippen molar-refractivity contribution in [3.05, 3.63) is 23.8 Å². The molecule has 0 saturated carbocycles. The minimum absolute atomic E-state index is 0.659. The second kappa shape index (κ2) is 6.90. The lowest BCUT2D eigenvalue weighted by molar-refractivity contribution is 0.310. The summed E-state index contributed by atoms with van der Waals surface area (Å²) in [5.74, 6) is 4.15. The van der Waals surface area contributed by atoms with Crippen LogP contribution in [0.3, 0.4) is 0 Å². The largest absolute Gasteiger partial charge is 0.493 e. The smallest absolute Gasteiger partial charge is 0.161 e. The van der Waals surface area contributed by atoms with Gasteiger partial charge in [-0.3, -0.25) is 0 Å². The molecule has 0 amide bonds. The molecule has 4 heteroatoms. The molecule has 1 saturated heterocycles. The summed E-state index contributed by atoms with van der Waals surface area (Å²) in [5, 5.41) is 3.59. The van der Waals surface area contributed by atoms with Crippen LogP contribution in [0, 0.1) is 0 Å². The molecular formula is C14H21NO2S. The summed E-state index contributed by atoms with van der Waals surface area (Å²) in [6.45, 7) is 3.54. The van der Waals surface area contributed by atoms with Gasteiger partial charge in [0.05, 0.1) is 13.7 Å². The molecule has 0 aliphatic carbocycles. The molecular weight excluding hydrogens is 246 g/mol. The van der Waals surface area contributed by atoms with E-state index >= 15 is 0 Å². The zero-order valence-corrected chi connectivity index (χ0v) is 11.9. The summed E-state index contributed by atoms with van der Waals surface area (Å²) in [6.07, 6.45) is 1.28. The molecule has 3 nitrogen and oxygen atoms in total. The van der Waals surface area contributed by atoms with Crippen LogP contribution in [0.25, 0.3) is 0 Å². The monoisotopic (exact) mass is 267 g/mol. The van der Waals surface area contributed by atoms with E-state index in [0.717, 1.165) is 18.0 Å². The fraction of sp³-hybridized carbons (Fsp3) is 0.571. The van der Waals surface area contributed by atoms with Gasteiger partial charge in [0.15, 0.2) is 11.5 Å². The van der Waals surface area contributed by atoms with Gasteiger partial charge in [0, 0.05) is 18.3 Å². The average molecular weight is 267 g/mol. The maximum Gasteiger partial charge on any atom is 0.161 e. The standard InChI is InChI=1S/C14H21NO2S/c1-3-17-14-8-11(4-5-13(14)16-2)9-15-12-6-7-18-10-12/h4-5,8,12,15H,3,6-7,9-10H2,1-2H3. The number of thioether (sulfide) groups is 1. The van der Waals surface area contributed by atoms with Crippen LogP contribution in [0.5, 0.6) is 11.5 Å². The second-order valence-electron chi connectivity index (χ2n) is 4.36. The maximum atomic E-state index is 5.58. The van der Waals surface area contributed by atoms with E-state index in [9.17, 15) is 0 Å². The molecule has 1 heterocycles. The lowest BCUT2D eigenvalue weighted by Crippen LogP contribution is -2.27. The molecule has 0 radical (unpaired) electrons. The molecule has 1 aliphatic heterocycles. The third kappa shape index (κ3) is 3.56. The van der Waals surface area contributed by atoms with Crippen LogP contribution in [0.2, 0.25) is 0 Å². The number of benzene rings is 1. The third-order valence-corrected chi connectivity index (χ3v) is 4.21. The summed E-state index contributed by atoms with van der Waals surface area (Å²) < 4.78 is 10.9. The van der Waals surface area contributed by atoms with Crippen molar-refractivity contribution in [1.29, 1.82) is 0 Å². The van der Waals surface area contributed by atoms with Crippen LogP contribution >= 0.6 is 11.8 Å². The lowest BCUT2D eigenvalue weighted by Gasteiger charge is -2.14. The van der Waals surface area contributed by atoms with Gasteiger partial charge in [-0.1, -0.05) is 6.07 Å². The predicted octanol–water partition coefficient (Wildman–Crippen LogP) is 2.69. The number of hydrogen-bond donors (Lipinski definition) is 1. The van der Waals surface area contributed by atoms with E-state index in [2.05, 4.69) is 17.4 Å². The van der Waals surface area contributed by atoms with E-state index < -0.39 is 0 Å². The first-order valence-electron chi connectivity index (χ1n) is 6.44. The molecule has 1 aromatic carbocycles. The van der Waals surface area contributed by atoms with Crippen LogP contribution in [-0.4, -0.2) is 31.3 Å². The normalized spacial score (nSPS) is 18.9. The summed E-state index contributed by atoms with van der Waals surface area (Å²) in [6, 6.07) is 6.80. The molecule has 1 fully saturated rings. The first kappa shape index (κ1) is 13.6. The molecule has 1 N–H and O–H groups in total. The predicted molar refractivity (Wildman–Crippen MR) is 76.7 cm³/mol. The third-order valence-electron chi connectivity index (χ3n) is 3.05. The Morgan fingerprint density at radius 3 is 2.94 bits per heavy atom. The maximum absolute atomic E-state index is 5.58. The number of ether oxygens (including phenoxy) is 2. The number of hydrogen-bond acceptors (Lipinski definition) is 4. The minimum atomic E-state index is 0.659. The Labute approximate surface area is 113 Å². The fourth-order valence-electron chi connectivity index (χ4n) is 2.06. The lowest BCUT2D eigenvalue weighted by atomic mass is 10.1. The number of methoxy groups -OCH3 is 1. The topological polar surface area (TPSA) is 30.5 Å². The molecule has 100 valence electrons. The minimum Gasteiger partial charge on any atom is -0.493 e. The molecule has 2 rings (SSSR count). The molecule has 1 aromatic rings. The van der Waals surface area contributed by atoms with Crippen molar-refractivity contribution in [1.82, 2.24) is 5.32 Å². The first-order chi connectivity index (χ1) is 8.83. The average Bonchev–Trinajstić information content (AvgIpc) is 2.90. The zero-order valence-electron chi connectivity index (χ0n) is 11.1. The highest BCUT2D eigenvalue weighted by atomic mass is 32.2. The van der Waals surface area contributed by atoms with Gasteiger partial charge in [0.25, 0.3) is 0 Å². The van der Waals surface area contributed by atoms with Crippen molar-refractivity contribution < 1.29 is 9.47 Å². The Morgan fingerprint density at radius 2 is 2.28 bits per heavy atom. The van der Waals surface area contributed by atoms with E-state index in [1.807, 2.05) is 24.8 Å². The highest BCUT2D eigenvalue weighted by Crippen LogP contribution is 2.28. The SMILES string of the molecule is CCOc1cc(CNC2CCSC2)ccc1OC. The van der Waals surface area contributed by atoms with E-state index in [0.29, 0.717) is 12.6 Å². The zero-order chi connectivity index (χ0) is 12.8. The summed E-state index contributed by atoms with van der Waals surface area (Å²) in [5.41, 5.74) is 1.25. The number of rotatable bonds is 6. The Bertz CT molecular complexity index is 378. The molecule has 1 unspecified atom stereocenters. The first-order valence-corrected chi connectivity index (χ1v) is 7.59. The van der Waals surface area contributed by atoms with Crippen molar-refractivity contribution in [2.75, 3.05) is 25.2 Å². The van der Waals surface area contributed by atoms with Crippen LogP contribution in [0.1, 0.15) is 18.9 Å². The Hall–Kier alpha value is -0.870.